The number of benzene rings is 2. The van der Waals surface area contributed by atoms with E-state index in [-0.39, 0.29) is 55.3 Å². The SMILES string of the molecule is Cl.Cl.N[C@H]1C[C@@H](N)[C@H](OCc2cnnn2CC(=O)c2ccc3ccccc3c2)C1. The number of fused-ring (bicyclic) bond motifs is 1. The second-order valence-corrected chi connectivity index (χ2v) is 7.11. The minimum Gasteiger partial charge on any atom is -0.370 e. The van der Waals surface area contributed by atoms with Crippen molar-refractivity contribution in [1.82, 2.24) is 15.0 Å². The molecule has 0 saturated heterocycles. The van der Waals surface area contributed by atoms with Gasteiger partial charge in [-0.3, -0.25) is 4.79 Å². The van der Waals surface area contributed by atoms with Gasteiger partial charge in [0.05, 0.1) is 24.6 Å². The Kier molecular flexibility index (Phi) is 8.13. The number of rotatable bonds is 6. The van der Waals surface area contributed by atoms with Gasteiger partial charge in [-0.15, -0.1) is 29.9 Å². The highest BCUT2D eigenvalue weighted by molar-refractivity contribution is 5.99. The van der Waals surface area contributed by atoms with Crippen molar-refractivity contribution in [1.29, 1.82) is 0 Å². The maximum absolute atomic E-state index is 12.7. The maximum atomic E-state index is 12.7. The average Bonchev–Trinajstić information content (AvgIpc) is 3.24. The number of ether oxygens (including phenoxy) is 1. The van der Waals surface area contributed by atoms with Crippen molar-refractivity contribution in [3.8, 4) is 0 Å². The molecule has 4 N–H and O–H groups in total. The van der Waals surface area contributed by atoms with Gasteiger partial charge in [-0.2, -0.15) is 0 Å². The van der Waals surface area contributed by atoms with Crippen molar-refractivity contribution in [3.63, 3.8) is 0 Å². The Hall–Kier alpha value is -2.03. The van der Waals surface area contributed by atoms with Crippen molar-refractivity contribution < 1.29 is 9.53 Å². The summed E-state index contributed by atoms with van der Waals surface area (Å²) in [6, 6.07) is 13.7. The van der Waals surface area contributed by atoms with E-state index in [1.165, 1.54) is 0 Å². The molecule has 1 aromatic heterocycles. The number of carbonyl (C=O) groups is 1. The summed E-state index contributed by atoms with van der Waals surface area (Å²) in [4.78, 5) is 12.7. The molecule has 4 rings (SSSR count). The van der Waals surface area contributed by atoms with Gasteiger partial charge in [-0.1, -0.05) is 41.6 Å². The van der Waals surface area contributed by atoms with Crippen molar-refractivity contribution in [2.75, 3.05) is 0 Å². The summed E-state index contributed by atoms with van der Waals surface area (Å²) in [7, 11) is 0. The monoisotopic (exact) mass is 437 g/mol. The van der Waals surface area contributed by atoms with Crippen molar-refractivity contribution in [2.45, 2.75) is 44.2 Å². The van der Waals surface area contributed by atoms with E-state index in [2.05, 4.69) is 10.3 Å². The Morgan fingerprint density at radius 3 is 2.59 bits per heavy atom. The van der Waals surface area contributed by atoms with Crippen LogP contribution in [0.1, 0.15) is 28.9 Å². The van der Waals surface area contributed by atoms with Gasteiger partial charge < -0.3 is 16.2 Å². The third kappa shape index (κ3) is 5.32. The van der Waals surface area contributed by atoms with Crippen LogP contribution in [0.25, 0.3) is 10.8 Å². The Morgan fingerprint density at radius 2 is 1.86 bits per heavy atom. The largest absolute Gasteiger partial charge is 0.370 e. The maximum Gasteiger partial charge on any atom is 0.184 e. The van der Waals surface area contributed by atoms with Gasteiger partial charge in [0, 0.05) is 17.6 Å². The van der Waals surface area contributed by atoms with Crippen LogP contribution in [0.2, 0.25) is 0 Å². The summed E-state index contributed by atoms with van der Waals surface area (Å²) in [5.41, 5.74) is 13.4. The molecular weight excluding hydrogens is 413 g/mol. The first-order valence-corrected chi connectivity index (χ1v) is 9.12. The molecule has 1 saturated carbocycles. The van der Waals surface area contributed by atoms with Crippen LogP contribution in [0, 0.1) is 0 Å². The van der Waals surface area contributed by atoms with Gasteiger partial charge in [-0.25, -0.2) is 4.68 Å². The Labute approximate surface area is 181 Å². The summed E-state index contributed by atoms with van der Waals surface area (Å²) >= 11 is 0. The number of ketones is 1. The first kappa shape index (κ1) is 23.3. The number of hydrogen-bond acceptors (Lipinski definition) is 6. The molecule has 0 amide bonds. The summed E-state index contributed by atoms with van der Waals surface area (Å²) in [5.74, 6) is -0.0212. The van der Waals surface area contributed by atoms with Gasteiger partial charge in [-0.05, 0) is 29.7 Å². The van der Waals surface area contributed by atoms with Crippen LogP contribution < -0.4 is 11.5 Å². The molecule has 0 bridgehead atoms. The molecule has 9 heteroatoms. The molecule has 3 atom stereocenters. The lowest BCUT2D eigenvalue weighted by Gasteiger charge is -2.16. The van der Waals surface area contributed by atoms with Crippen molar-refractivity contribution in [2.24, 2.45) is 11.5 Å². The minimum atomic E-state index is -0.0699. The predicted octanol–water partition coefficient (Wildman–Crippen LogP) is 2.49. The number of aromatic nitrogens is 3. The van der Waals surface area contributed by atoms with Crippen LogP contribution in [-0.4, -0.2) is 39.0 Å². The molecule has 0 spiro atoms. The van der Waals surface area contributed by atoms with E-state index >= 15 is 0 Å². The van der Waals surface area contributed by atoms with Crippen LogP contribution >= 0.6 is 24.8 Å². The average molecular weight is 438 g/mol. The fraction of sp³-hybridized carbons (Fsp3) is 0.350. The first-order chi connectivity index (χ1) is 13.1. The number of halogens is 2. The van der Waals surface area contributed by atoms with Crippen LogP contribution in [0.4, 0.5) is 0 Å². The van der Waals surface area contributed by atoms with E-state index in [1.807, 2.05) is 42.5 Å². The van der Waals surface area contributed by atoms with E-state index in [1.54, 1.807) is 10.9 Å². The van der Waals surface area contributed by atoms with E-state index < -0.39 is 0 Å². The lowest BCUT2D eigenvalue weighted by molar-refractivity contribution is 0.0312. The molecule has 0 radical (unpaired) electrons. The van der Waals surface area contributed by atoms with Crippen molar-refractivity contribution in [3.05, 3.63) is 59.9 Å². The number of nitrogens with zero attached hydrogens (tertiary/aromatic N) is 3. The molecule has 1 aliphatic carbocycles. The molecule has 1 aliphatic rings. The fourth-order valence-corrected chi connectivity index (χ4v) is 3.57. The molecule has 2 aromatic carbocycles. The molecular formula is C20H25Cl2N5O2. The summed E-state index contributed by atoms with van der Waals surface area (Å²) in [5, 5.41) is 10.1. The van der Waals surface area contributed by atoms with Gasteiger partial charge in [0.2, 0.25) is 0 Å². The highest BCUT2D eigenvalue weighted by Crippen LogP contribution is 2.21. The molecule has 29 heavy (non-hydrogen) atoms. The highest BCUT2D eigenvalue weighted by Gasteiger charge is 2.30. The Bertz CT molecular complexity index is 965. The standard InChI is InChI=1S/C20H23N5O2.2ClH/c21-16-8-18(22)20(9-16)27-12-17-10-23-24-25(17)11-19(26)15-6-5-13-3-1-2-4-14(13)7-15;;/h1-7,10,16,18,20H,8-9,11-12,21-22H2;2*1H/t16-,18+,20+;;/m0../s1. The van der Waals surface area contributed by atoms with Crippen LogP contribution in [0.15, 0.2) is 48.7 Å². The van der Waals surface area contributed by atoms with Crippen molar-refractivity contribution >= 4 is 41.4 Å². The van der Waals surface area contributed by atoms with E-state index in [9.17, 15) is 4.79 Å². The quantitative estimate of drug-likeness (QED) is 0.573. The number of hydrogen-bond donors (Lipinski definition) is 2. The molecule has 1 heterocycles. The highest BCUT2D eigenvalue weighted by atomic mass is 35.5. The first-order valence-electron chi connectivity index (χ1n) is 9.12. The summed E-state index contributed by atoms with van der Waals surface area (Å²) in [6.07, 6.45) is 3.06. The van der Waals surface area contributed by atoms with Gasteiger partial charge >= 0.3 is 0 Å². The van der Waals surface area contributed by atoms with E-state index in [0.29, 0.717) is 12.2 Å². The Morgan fingerprint density at radius 1 is 1.10 bits per heavy atom. The number of Topliss-reactive ketones (excluding diaryl/α,β-unsaturated/α-hetero) is 1. The molecule has 1 fully saturated rings. The van der Waals surface area contributed by atoms with E-state index in [0.717, 1.165) is 29.3 Å². The zero-order chi connectivity index (χ0) is 18.8. The third-order valence-corrected chi connectivity index (χ3v) is 5.10. The van der Waals surface area contributed by atoms with Gasteiger partial charge in [0.25, 0.3) is 0 Å². The number of carbonyl (C=O) groups excluding carboxylic acids is 1. The smallest absolute Gasteiger partial charge is 0.184 e. The molecule has 156 valence electrons. The zero-order valence-corrected chi connectivity index (χ0v) is 17.4. The Balaban J connectivity index is 0.00000150. The lowest BCUT2D eigenvalue weighted by Crippen LogP contribution is -2.31. The molecule has 0 unspecified atom stereocenters. The van der Waals surface area contributed by atoms with Crippen LogP contribution in [0.3, 0.4) is 0 Å². The van der Waals surface area contributed by atoms with Gasteiger partial charge in [0.1, 0.15) is 6.54 Å². The topological polar surface area (TPSA) is 109 Å². The summed E-state index contributed by atoms with van der Waals surface area (Å²) < 4.78 is 7.48. The number of nitrogens with two attached hydrogens (primary N) is 2. The second kappa shape index (κ2) is 10.1. The normalized spacial score (nSPS) is 20.8. The van der Waals surface area contributed by atoms with Gasteiger partial charge in [0.15, 0.2) is 5.78 Å². The molecule has 3 aromatic rings. The fourth-order valence-electron chi connectivity index (χ4n) is 3.57. The minimum absolute atomic E-state index is 0. The molecule has 7 nitrogen and oxygen atoms in total. The predicted molar refractivity (Wildman–Crippen MR) is 117 cm³/mol. The third-order valence-electron chi connectivity index (χ3n) is 5.10. The molecule has 0 aliphatic heterocycles. The lowest BCUT2D eigenvalue weighted by atomic mass is 10.0. The summed E-state index contributed by atoms with van der Waals surface area (Å²) in [6.45, 7) is 0.427. The second-order valence-electron chi connectivity index (χ2n) is 7.11. The van der Waals surface area contributed by atoms with Crippen LogP contribution in [0.5, 0.6) is 0 Å². The van der Waals surface area contributed by atoms with Crippen LogP contribution in [-0.2, 0) is 17.9 Å². The zero-order valence-electron chi connectivity index (χ0n) is 15.8. The van der Waals surface area contributed by atoms with E-state index in [4.69, 9.17) is 16.2 Å².